The first kappa shape index (κ1) is 20.7. The van der Waals surface area contributed by atoms with Gasteiger partial charge in [-0.05, 0) is 37.3 Å². The highest BCUT2D eigenvalue weighted by Crippen LogP contribution is 2.26. The lowest BCUT2D eigenvalue weighted by Gasteiger charge is -2.30. The summed E-state index contributed by atoms with van der Waals surface area (Å²) in [6.45, 7) is 3.42. The molecule has 1 atom stereocenters. The van der Waals surface area contributed by atoms with Crippen LogP contribution in [0.4, 0.5) is 10.5 Å². The quantitative estimate of drug-likeness (QED) is 0.736. The van der Waals surface area contributed by atoms with Gasteiger partial charge in [-0.25, -0.2) is 17.5 Å². The third-order valence-electron chi connectivity index (χ3n) is 5.51. The van der Waals surface area contributed by atoms with E-state index in [1.807, 2.05) is 18.2 Å². The number of sulfonamides is 1. The summed E-state index contributed by atoms with van der Waals surface area (Å²) in [4.78, 5) is 14.5. The fraction of sp³-hybridized carbons (Fsp3) is 0.632. The van der Waals surface area contributed by atoms with E-state index >= 15 is 0 Å². The fourth-order valence-electron chi connectivity index (χ4n) is 3.85. The second kappa shape index (κ2) is 9.00. The van der Waals surface area contributed by atoms with Gasteiger partial charge in [0, 0.05) is 50.5 Å². The highest BCUT2D eigenvalue weighted by atomic mass is 32.2. The zero-order chi connectivity index (χ0) is 20.1. The summed E-state index contributed by atoms with van der Waals surface area (Å²) in [7, 11) is -1.47. The maximum Gasteiger partial charge on any atom is 0.315 e. The van der Waals surface area contributed by atoms with Crippen molar-refractivity contribution < 1.29 is 17.9 Å². The van der Waals surface area contributed by atoms with Crippen LogP contribution in [0.15, 0.2) is 24.3 Å². The Hall–Kier alpha value is -2.00. The molecule has 9 heteroatoms. The number of ether oxygens (including phenoxy) is 1. The Morgan fingerprint density at radius 1 is 1.21 bits per heavy atom. The van der Waals surface area contributed by atoms with Gasteiger partial charge in [0.25, 0.3) is 0 Å². The first-order valence-electron chi connectivity index (χ1n) is 9.73. The molecule has 0 bridgehead atoms. The maximum atomic E-state index is 12.2. The number of nitrogens with one attached hydrogen (secondary N) is 2. The fourth-order valence-corrected chi connectivity index (χ4v) is 4.72. The van der Waals surface area contributed by atoms with E-state index in [1.165, 1.54) is 10.6 Å². The lowest BCUT2D eigenvalue weighted by atomic mass is 10.1. The normalized spacial score (nSPS) is 21.5. The molecule has 0 radical (unpaired) electrons. The standard InChI is InChI=1S/C19H30N4O4S/c1-27-18-5-3-4-17(12-18)22-9-6-15(14-22)13-20-19(24)21-16-7-10-23(11-8-16)28(2,25)26/h3-5,12,15-16H,6-11,13-14H2,1-2H3,(H2,20,21,24). The minimum absolute atomic E-state index is 0.0230. The predicted molar refractivity (Wildman–Crippen MR) is 109 cm³/mol. The number of amides is 2. The lowest BCUT2D eigenvalue weighted by Crippen LogP contribution is -2.49. The molecule has 0 aliphatic carbocycles. The minimum atomic E-state index is -3.14. The molecule has 1 aromatic carbocycles. The van der Waals surface area contributed by atoms with Crippen molar-refractivity contribution in [3.63, 3.8) is 0 Å². The van der Waals surface area contributed by atoms with Crippen LogP contribution in [-0.4, -0.2) is 70.9 Å². The van der Waals surface area contributed by atoms with Crippen LogP contribution in [0.2, 0.25) is 0 Å². The summed E-state index contributed by atoms with van der Waals surface area (Å²) >= 11 is 0. The van der Waals surface area contributed by atoms with Crippen molar-refractivity contribution in [2.75, 3.05) is 51.0 Å². The lowest BCUT2D eigenvalue weighted by molar-refractivity contribution is 0.226. The molecule has 8 nitrogen and oxygen atoms in total. The summed E-state index contributed by atoms with van der Waals surface area (Å²) in [5, 5.41) is 5.95. The molecule has 28 heavy (non-hydrogen) atoms. The molecule has 2 amide bonds. The van der Waals surface area contributed by atoms with Gasteiger partial charge in [0.05, 0.1) is 13.4 Å². The van der Waals surface area contributed by atoms with Crippen molar-refractivity contribution in [3.05, 3.63) is 24.3 Å². The Balaban J connectivity index is 1.39. The first-order chi connectivity index (χ1) is 13.3. The zero-order valence-corrected chi connectivity index (χ0v) is 17.4. The smallest absolute Gasteiger partial charge is 0.315 e. The molecular weight excluding hydrogens is 380 g/mol. The van der Waals surface area contributed by atoms with Crippen LogP contribution in [0, 0.1) is 5.92 Å². The Labute approximate surface area is 167 Å². The number of rotatable bonds is 6. The molecule has 2 N–H and O–H groups in total. The van der Waals surface area contributed by atoms with Crippen LogP contribution in [0.3, 0.4) is 0 Å². The Bertz CT molecular complexity index is 778. The third-order valence-corrected chi connectivity index (χ3v) is 6.82. The average Bonchev–Trinajstić information content (AvgIpc) is 3.15. The minimum Gasteiger partial charge on any atom is -0.497 e. The van der Waals surface area contributed by atoms with Crippen molar-refractivity contribution in [2.45, 2.75) is 25.3 Å². The molecule has 0 saturated carbocycles. The highest BCUT2D eigenvalue weighted by Gasteiger charge is 2.27. The molecule has 2 saturated heterocycles. The number of methoxy groups -OCH3 is 1. The molecule has 2 fully saturated rings. The summed E-state index contributed by atoms with van der Waals surface area (Å²) in [5.41, 5.74) is 1.14. The van der Waals surface area contributed by atoms with Crippen molar-refractivity contribution in [3.8, 4) is 5.75 Å². The maximum absolute atomic E-state index is 12.2. The predicted octanol–water partition coefficient (Wildman–Crippen LogP) is 1.24. The van der Waals surface area contributed by atoms with Crippen LogP contribution in [-0.2, 0) is 10.0 Å². The van der Waals surface area contributed by atoms with Crippen LogP contribution in [0.1, 0.15) is 19.3 Å². The number of anilines is 1. The van der Waals surface area contributed by atoms with Crippen molar-refractivity contribution in [1.29, 1.82) is 0 Å². The van der Waals surface area contributed by atoms with E-state index < -0.39 is 10.0 Å². The van der Waals surface area contributed by atoms with Gasteiger partial charge in [0.2, 0.25) is 10.0 Å². The number of piperidine rings is 1. The third kappa shape index (κ3) is 5.51. The number of hydrogen-bond donors (Lipinski definition) is 2. The van der Waals surface area contributed by atoms with E-state index in [0.717, 1.165) is 30.9 Å². The molecule has 0 aromatic heterocycles. The van der Waals surface area contributed by atoms with E-state index in [4.69, 9.17) is 4.74 Å². The van der Waals surface area contributed by atoms with E-state index in [-0.39, 0.29) is 12.1 Å². The highest BCUT2D eigenvalue weighted by molar-refractivity contribution is 7.88. The Kier molecular flexibility index (Phi) is 6.66. The first-order valence-corrected chi connectivity index (χ1v) is 11.6. The van der Waals surface area contributed by atoms with Crippen molar-refractivity contribution >= 4 is 21.7 Å². The van der Waals surface area contributed by atoms with Gasteiger partial charge < -0.3 is 20.3 Å². The number of benzene rings is 1. The number of urea groups is 1. The summed E-state index contributed by atoms with van der Waals surface area (Å²) < 4.78 is 29.8. The molecule has 1 aromatic rings. The SMILES string of the molecule is COc1cccc(N2CCC(CNC(=O)NC3CCN(S(C)(=O)=O)CC3)C2)c1. The van der Waals surface area contributed by atoms with Crippen LogP contribution < -0.4 is 20.3 Å². The van der Waals surface area contributed by atoms with Gasteiger partial charge in [-0.3, -0.25) is 0 Å². The van der Waals surface area contributed by atoms with Crippen molar-refractivity contribution in [1.82, 2.24) is 14.9 Å². The summed E-state index contributed by atoms with van der Waals surface area (Å²) in [5.74, 6) is 1.25. The van der Waals surface area contributed by atoms with Gasteiger partial charge in [-0.2, -0.15) is 0 Å². The number of hydrogen-bond acceptors (Lipinski definition) is 5. The van der Waals surface area contributed by atoms with Crippen LogP contribution in [0.5, 0.6) is 5.75 Å². The number of carbonyl (C=O) groups is 1. The van der Waals surface area contributed by atoms with Gasteiger partial charge in [0.1, 0.15) is 5.75 Å². The molecule has 2 aliphatic rings. The zero-order valence-electron chi connectivity index (χ0n) is 16.6. The molecular formula is C19H30N4O4S. The second-order valence-corrected chi connectivity index (χ2v) is 9.58. The molecule has 156 valence electrons. The van der Waals surface area contributed by atoms with E-state index in [0.29, 0.717) is 38.4 Å². The largest absolute Gasteiger partial charge is 0.497 e. The molecule has 2 aliphatic heterocycles. The van der Waals surface area contributed by atoms with Crippen LogP contribution >= 0.6 is 0 Å². The van der Waals surface area contributed by atoms with Crippen molar-refractivity contribution in [2.24, 2.45) is 5.92 Å². The van der Waals surface area contributed by atoms with Gasteiger partial charge >= 0.3 is 6.03 Å². The topological polar surface area (TPSA) is 91.0 Å². The second-order valence-electron chi connectivity index (χ2n) is 7.59. The molecule has 2 heterocycles. The van der Waals surface area contributed by atoms with Gasteiger partial charge in [0.15, 0.2) is 0 Å². The van der Waals surface area contributed by atoms with Gasteiger partial charge in [-0.1, -0.05) is 6.07 Å². The Morgan fingerprint density at radius 2 is 1.96 bits per heavy atom. The van der Waals surface area contributed by atoms with Gasteiger partial charge in [-0.15, -0.1) is 0 Å². The molecule has 0 spiro atoms. The summed E-state index contributed by atoms with van der Waals surface area (Å²) in [6.07, 6.45) is 3.55. The van der Waals surface area contributed by atoms with E-state index in [1.54, 1.807) is 7.11 Å². The van der Waals surface area contributed by atoms with Crippen LogP contribution in [0.25, 0.3) is 0 Å². The average molecular weight is 411 g/mol. The summed E-state index contributed by atoms with van der Waals surface area (Å²) in [6, 6.07) is 7.89. The Morgan fingerprint density at radius 3 is 2.64 bits per heavy atom. The monoisotopic (exact) mass is 410 g/mol. The number of nitrogens with zero attached hydrogens (tertiary/aromatic N) is 2. The molecule has 1 unspecified atom stereocenters. The number of carbonyl (C=O) groups excluding carboxylic acids is 1. The van der Waals surface area contributed by atoms with E-state index in [9.17, 15) is 13.2 Å². The van der Waals surface area contributed by atoms with E-state index in [2.05, 4.69) is 21.6 Å². The molecule has 3 rings (SSSR count).